The highest BCUT2D eigenvalue weighted by molar-refractivity contribution is 7.89. The Hall–Kier alpha value is -1.40. The molecular formula is C16H22N2O3S. The standard InChI is InChI=1S/C16H22N2O3S/c1-12(2)18(14-5-6-14)22(20,21)15-9-7-13(8-10-15)17-11-3-4-16(17)19/h7-10,12,14H,3-6,11H2,1-2H3. The summed E-state index contributed by atoms with van der Waals surface area (Å²) in [5, 5.41) is 0. The third-order valence-electron chi connectivity index (χ3n) is 4.21. The molecule has 0 atom stereocenters. The van der Waals surface area contributed by atoms with E-state index < -0.39 is 10.0 Å². The van der Waals surface area contributed by atoms with E-state index in [2.05, 4.69) is 0 Å². The Labute approximate surface area is 132 Å². The van der Waals surface area contributed by atoms with E-state index in [9.17, 15) is 13.2 Å². The van der Waals surface area contributed by atoms with Crippen molar-refractivity contribution in [2.75, 3.05) is 11.4 Å². The SMILES string of the molecule is CC(C)N(C1CC1)S(=O)(=O)c1ccc(N2CCCC2=O)cc1. The fraction of sp³-hybridized carbons (Fsp3) is 0.562. The third kappa shape index (κ3) is 2.77. The molecule has 1 aromatic rings. The summed E-state index contributed by atoms with van der Waals surface area (Å²) in [4.78, 5) is 13.8. The van der Waals surface area contributed by atoms with Gasteiger partial charge in [-0.05, 0) is 57.4 Å². The number of anilines is 1. The number of amides is 1. The number of benzene rings is 1. The first kappa shape index (κ1) is 15.5. The van der Waals surface area contributed by atoms with Gasteiger partial charge in [0.1, 0.15) is 0 Å². The van der Waals surface area contributed by atoms with E-state index in [-0.39, 0.29) is 18.0 Å². The summed E-state index contributed by atoms with van der Waals surface area (Å²) in [6, 6.07) is 6.81. The fourth-order valence-corrected chi connectivity index (χ4v) is 4.95. The van der Waals surface area contributed by atoms with Gasteiger partial charge in [0.2, 0.25) is 15.9 Å². The molecule has 2 fully saturated rings. The van der Waals surface area contributed by atoms with E-state index >= 15 is 0 Å². The summed E-state index contributed by atoms with van der Waals surface area (Å²) in [5.41, 5.74) is 0.781. The van der Waals surface area contributed by atoms with E-state index in [1.165, 1.54) is 0 Å². The molecular weight excluding hydrogens is 300 g/mol. The van der Waals surface area contributed by atoms with Crippen molar-refractivity contribution in [2.24, 2.45) is 0 Å². The molecule has 1 aliphatic carbocycles. The number of carbonyl (C=O) groups is 1. The van der Waals surface area contributed by atoms with Gasteiger partial charge in [0, 0.05) is 30.7 Å². The minimum absolute atomic E-state index is 0.0441. The minimum atomic E-state index is -3.46. The molecule has 1 saturated heterocycles. The van der Waals surface area contributed by atoms with Gasteiger partial charge in [-0.3, -0.25) is 4.79 Å². The van der Waals surface area contributed by atoms with Gasteiger partial charge >= 0.3 is 0 Å². The second kappa shape index (κ2) is 5.66. The van der Waals surface area contributed by atoms with Crippen molar-refractivity contribution >= 4 is 21.6 Å². The maximum atomic E-state index is 12.8. The van der Waals surface area contributed by atoms with Crippen LogP contribution in [0.2, 0.25) is 0 Å². The molecule has 0 N–H and O–H groups in total. The molecule has 0 radical (unpaired) electrons. The van der Waals surface area contributed by atoms with Gasteiger partial charge in [-0.1, -0.05) is 0 Å². The number of carbonyl (C=O) groups excluding carboxylic acids is 1. The van der Waals surface area contributed by atoms with Crippen LogP contribution < -0.4 is 4.90 Å². The van der Waals surface area contributed by atoms with E-state index in [0.29, 0.717) is 17.9 Å². The van der Waals surface area contributed by atoms with E-state index in [1.807, 2.05) is 13.8 Å². The largest absolute Gasteiger partial charge is 0.312 e. The van der Waals surface area contributed by atoms with Gasteiger partial charge in [-0.15, -0.1) is 0 Å². The van der Waals surface area contributed by atoms with E-state index in [0.717, 1.165) is 24.9 Å². The summed E-state index contributed by atoms with van der Waals surface area (Å²) >= 11 is 0. The zero-order valence-corrected chi connectivity index (χ0v) is 13.8. The van der Waals surface area contributed by atoms with Crippen LogP contribution in [0.25, 0.3) is 0 Å². The van der Waals surface area contributed by atoms with Crippen molar-refractivity contribution in [1.29, 1.82) is 0 Å². The van der Waals surface area contributed by atoms with Crippen LogP contribution in [0.1, 0.15) is 39.5 Å². The van der Waals surface area contributed by atoms with Crippen LogP contribution in [0.15, 0.2) is 29.2 Å². The maximum Gasteiger partial charge on any atom is 0.243 e. The van der Waals surface area contributed by atoms with Crippen molar-refractivity contribution in [3.05, 3.63) is 24.3 Å². The van der Waals surface area contributed by atoms with Crippen LogP contribution in [0.3, 0.4) is 0 Å². The molecule has 3 rings (SSSR count). The minimum Gasteiger partial charge on any atom is -0.312 e. The lowest BCUT2D eigenvalue weighted by molar-refractivity contribution is -0.117. The molecule has 6 heteroatoms. The smallest absolute Gasteiger partial charge is 0.243 e. The highest BCUT2D eigenvalue weighted by Crippen LogP contribution is 2.34. The lowest BCUT2D eigenvalue weighted by Gasteiger charge is -2.26. The van der Waals surface area contributed by atoms with Crippen LogP contribution in [0.4, 0.5) is 5.69 Å². The Morgan fingerprint density at radius 3 is 2.27 bits per heavy atom. The van der Waals surface area contributed by atoms with Gasteiger partial charge in [0.05, 0.1) is 4.90 Å². The first-order valence-electron chi connectivity index (χ1n) is 7.85. The van der Waals surface area contributed by atoms with E-state index in [4.69, 9.17) is 0 Å². The van der Waals surface area contributed by atoms with Crippen molar-refractivity contribution in [3.63, 3.8) is 0 Å². The highest BCUT2D eigenvalue weighted by atomic mass is 32.2. The monoisotopic (exact) mass is 322 g/mol. The van der Waals surface area contributed by atoms with Crippen LogP contribution in [-0.4, -0.2) is 37.3 Å². The van der Waals surface area contributed by atoms with Crippen LogP contribution >= 0.6 is 0 Å². The van der Waals surface area contributed by atoms with Gasteiger partial charge in [0.15, 0.2) is 0 Å². The van der Waals surface area contributed by atoms with Crippen LogP contribution in [-0.2, 0) is 14.8 Å². The highest BCUT2D eigenvalue weighted by Gasteiger charge is 2.39. The molecule has 1 aliphatic heterocycles. The summed E-state index contributed by atoms with van der Waals surface area (Å²) in [7, 11) is -3.46. The Kier molecular flexibility index (Phi) is 3.99. The molecule has 0 spiro atoms. The second-order valence-corrected chi connectivity index (χ2v) is 8.15. The summed E-state index contributed by atoms with van der Waals surface area (Å²) < 4.78 is 27.2. The molecule has 5 nitrogen and oxygen atoms in total. The number of hydrogen-bond acceptors (Lipinski definition) is 3. The average molecular weight is 322 g/mol. The normalized spacial score (nSPS) is 19.5. The van der Waals surface area contributed by atoms with E-state index in [1.54, 1.807) is 33.5 Å². The Morgan fingerprint density at radius 1 is 1.18 bits per heavy atom. The Morgan fingerprint density at radius 2 is 1.82 bits per heavy atom. The molecule has 120 valence electrons. The van der Waals surface area contributed by atoms with Gasteiger partial charge in [0.25, 0.3) is 0 Å². The quantitative estimate of drug-likeness (QED) is 0.836. The van der Waals surface area contributed by atoms with Gasteiger partial charge in [-0.25, -0.2) is 8.42 Å². The molecule has 22 heavy (non-hydrogen) atoms. The zero-order chi connectivity index (χ0) is 15.9. The summed E-state index contributed by atoms with van der Waals surface area (Å²) in [5.74, 6) is 0.109. The average Bonchev–Trinajstić information content (AvgIpc) is 3.18. The molecule has 1 amide bonds. The molecule has 0 unspecified atom stereocenters. The lowest BCUT2D eigenvalue weighted by atomic mass is 10.3. The second-order valence-electron chi connectivity index (χ2n) is 6.30. The van der Waals surface area contributed by atoms with Crippen LogP contribution in [0.5, 0.6) is 0 Å². The molecule has 0 aromatic heterocycles. The van der Waals surface area contributed by atoms with Crippen molar-refractivity contribution in [2.45, 2.75) is 56.5 Å². The molecule has 0 bridgehead atoms. The first-order chi connectivity index (χ1) is 10.4. The number of hydrogen-bond donors (Lipinski definition) is 0. The number of sulfonamides is 1. The van der Waals surface area contributed by atoms with Crippen LogP contribution in [0, 0.1) is 0 Å². The first-order valence-corrected chi connectivity index (χ1v) is 9.29. The number of rotatable bonds is 5. The Bertz CT molecular complexity index is 661. The molecule has 1 heterocycles. The molecule has 2 aliphatic rings. The predicted molar refractivity (Wildman–Crippen MR) is 85.2 cm³/mol. The summed E-state index contributed by atoms with van der Waals surface area (Å²) in [6.07, 6.45) is 3.32. The third-order valence-corrected chi connectivity index (χ3v) is 6.36. The van der Waals surface area contributed by atoms with Crippen molar-refractivity contribution in [1.82, 2.24) is 4.31 Å². The predicted octanol–water partition coefficient (Wildman–Crippen LogP) is 2.37. The Balaban J connectivity index is 1.86. The van der Waals surface area contributed by atoms with Gasteiger partial charge in [-0.2, -0.15) is 4.31 Å². The van der Waals surface area contributed by atoms with Gasteiger partial charge < -0.3 is 4.90 Å². The topological polar surface area (TPSA) is 57.7 Å². The lowest BCUT2D eigenvalue weighted by Crippen LogP contribution is -2.38. The summed E-state index contributed by atoms with van der Waals surface area (Å²) in [6.45, 7) is 4.53. The number of nitrogens with zero attached hydrogens (tertiary/aromatic N) is 2. The van der Waals surface area contributed by atoms with Crippen molar-refractivity contribution in [3.8, 4) is 0 Å². The molecule has 1 saturated carbocycles. The maximum absolute atomic E-state index is 12.8. The molecule has 1 aromatic carbocycles. The zero-order valence-electron chi connectivity index (χ0n) is 13.0. The fourth-order valence-electron chi connectivity index (χ4n) is 3.07. The van der Waals surface area contributed by atoms with Crippen molar-refractivity contribution < 1.29 is 13.2 Å².